The quantitative estimate of drug-likeness (QED) is 0.271. The molecule has 1 rings (SSSR count). The predicted molar refractivity (Wildman–Crippen MR) is 111 cm³/mol. The maximum absolute atomic E-state index is 10.6. The molecule has 0 unspecified atom stereocenters. The summed E-state index contributed by atoms with van der Waals surface area (Å²) in [6.07, 6.45) is 18.0. The molecule has 1 saturated carbocycles. The van der Waals surface area contributed by atoms with Crippen molar-refractivity contribution < 1.29 is 14.3 Å². The van der Waals surface area contributed by atoms with E-state index in [1.54, 1.807) is 0 Å². The Kier molecular flexibility index (Phi) is 20.7. The lowest BCUT2D eigenvalue weighted by atomic mass is 10.0. The molecule has 0 aromatic rings. The van der Waals surface area contributed by atoms with Gasteiger partial charge in [-0.1, -0.05) is 72.6 Å². The molecule has 0 aromatic carbocycles. The zero-order chi connectivity index (χ0) is 20.2. The van der Waals surface area contributed by atoms with Gasteiger partial charge in [-0.25, -0.2) is 0 Å². The van der Waals surface area contributed by atoms with Gasteiger partial charge < -0.3 is 4.74 Å². The van der Waals surface area contributed by atoms with Crippen LogP contribution in [0.3, 0.4) is 0 Å². The molecule has 1 aliphatic carbocycles. The number of esters is 1. The summed E-state index contributed by atoms with van der Waals surface area (Å²) in [6.45, 7) is 9.00. The van der Waals surface area contributed by atoms with E-state index in [-0.39, 0.29) is 11.9 Å². The Hall–Kier alpha value is -1.30. The number of terminal acetylenes is 1. The second-order valence-electron chi connectivity index (χ2n) is 7.19. The van der Waals surface area contributed by atoms with Crippen LogP contribution in [0.1, 0.15) is 105 Å². The molecule has 26 heavy (non-hydrogen) atoms. The van der Waals surface area contributed by atoms with Crippen LogP contribution in [0.25, 0.3) is 0 Å². The molecule has 3 heteroatoms. The third-order valence-corrected chi connectivity index (χ3v) is 4.69. The number of rotatable bonds is 9. The molecule has 0 N–H and O–H groups in total. The molecule has 0 spiro atoms. The number of hydrogen-bond donors (Lipinski definition) is 0. The van der Waals surface area contributed by atoms with Gasteiger partial charge in [-0.05, 0) is 18.8 Å². The highest BCUT2D eigenvalue weighted by Crippen LogP contribution is 2.20. The lowest BCUT2D eigenvalue weighted by Gasteiger charge is -2.04. The van der Waals surface area contributed by atoms with Gasteiger partial charge in [0.05, 0.1) is 7.11 Å². The molecule has 1 aliphatic rings. The maximum atomic E-state index is 10.6. The third kappa shape index (κ3) is 19.0. The normalized spacial score (nSPS) is 16.5. The predicted octanol–water partition coefficient (Wildman–Crippen LogP) is 6.34. The van der Waals surface area contributed by atoms with Gasteiger partial charge >= 0.3 is 5.97 Å². The average Bonchev–Trinajstić information content (AvgIpc) is 3.09. The van der Waals surface area contributed by atoms with Crippen LogP contribution in [0.15, 0.2) is 0 Å². The molecule has 0 radical (unpaired) electrons. The molecule has 0 bridgehead atoms. The molecule has 1 fully saturated rings. The molecule has 152 valence electrons. The van der Waals surface area contributed by atoms with Gasteiger partial charge in [-0.2, -0.15) is 0 Å². The number of Topliss-reactive ketones (excluding diaryl/α,β-unsaturated/α-hetero) is 1. The standard InChI is InChI=1S/C8H16O2.C8H18.C7H8O/c1-3-4-5-6-7-8(9)10-2;1-4-6-7-8(3)5-2;1-2-6-3-4-7(8)5-6/h3-7H2,1-2H3;8H,4-7H2,1-3H3;1,6H,3-5H2/t;8-;6-/m.10/s1. The lowest BCUT2D eigenvalue weighted by molar-refractivity contribution is -0.140. The highest BCUT2D eigenvalue weighted by Gasteiger charge is 2.19. The monoisotopic (exact) mass is 366 g/mol. The summed E-state index contributed by atoms with van der Waals surface area (Å²) < 4.78 is 4.49. The minimum absolute atomic E-state index is 0.0869. The Bertz CT molecular complexity index is 381. The van der Waals surface area contributed by atoms with E-state index in [1.165, 1.54) is 45.6 Å². The van der Waals surface area contributed by atoms with Crippen molar-refractivity contribution in [3.8, 4) is 12.3 Å². The van der Waals surface area contributed by atoms with Crippen LogP contribution in [-0.2, 0) is 14.3 Å². The molecular formula is C23H42O3. The number of carbonyl (C=O) groups is 2. The zero-order valence-corrected chi connectivity index (χ0v) is 17.9. The Morgan fingerprint density at radius 3 is 2.23 bits per heavy atom. The number of hydrogen-bond acceptors (Lipinski definition) is 3. The molecule has 0 saturated heterocycles. The number of methoxy groups -OCH3 is 1. The van der Waals surface area contributed by atoms with Crippen LogP contribution in [0, 0.1) is 24.2 Å². The molecule has 0 aliphatic heterocycles. The van der Waals surface area contributed by atoms with E-state index < -0.39 is 0 Å². The Morgan fingerprint density at radius 2 is 1.85 bits per heavy atom. The first kappa shape index (κ1) is 26.9. The van der Waals surface area contributed by atoms with E-state index in [0.29, 0.717) is 25.0 Å². The van der Waals surface area contributed by atoms with Gasteiger partial charge in [0, 0.05) is 25.2 Å². The molecule has 0 aromatic heterocycles. The van der Waals surface area contributed by atoms with Gasteiger partial charge in [0.1, 0.15) is 5.78 Å². The van der Waals surface area contributed by atoms with Gasteiger partial charge in [0.15, 0.2) is 0 Å². The van der Waals surface area contributed by atoms with E-state index >= 15 is 0 Å². The number of carbonyl (C=O) groups excluding carboxylic acids is 2. The fourth-order valence-electron chi connectivity index (χ4n) is 2.51. The van der Waals surface area contributed by atoms with Gasteiger partial charge in [0.25, 0.3) is 0 Å². The Balaban J connectivity index is 0. The summed E-state index contributed by atoms with van der Waals surface area (Å²) in [5.74, 6) is 4.02. The topological polar surface area (TPSA) is 43.4 Å². The van der Waals surface area contributed by atoms with Crippen molar-refractivity contribution in [3.05, 3.63) is 0 Å². The highest BCUT2D eigenvalue weighted by molar-refractivity contribution is 5.81. The van der Waals surface area contributed by atoms with Crippen molar-refractivity contribution in [3.63, 3.8) is 0 Å². The van der Waals surface area contributed by atoms with Crippen molar-refractivity contribution in [1.82, 2.24) is 0 Å². The molecule has 0 amide bonds. The van der Waals surface area contributed by atoms with Crippen LogP contribution >= 0.6 is 0 Å². The first-order chi connectivity index (χ1) is 12.4. The highest BCUT2D eigenvalue weighted by atomic mass is 16.5. The first-order valence-corrected chi connectivity index (χ1v) is 10.5. The molecular weight excluding hydrogens is 324 g/mol. The second kappa shape index (κ2) is 20.0. The van der Waals surface area contributed by atoms with Crippen LogP contribution in [0.2, 0.25) is 0 Å². The van der Waals surface area contributed by atoms with Crippen LogP contribution in [-0.4, -0.2) is 18.9 Å². The van der Waals surface area contributed by atoms with Crippen molar-refractivity contribution in [2.45, 2.75) is 105 Å². The number of unbranched alkanes of at least 4 members (excludes halogenated alkanes) is 4. The van der Waals surface area contributed by atoms with Gasteiger partial charge in [-0.15, -0.1) is 12.3 Å². The van der Waals surface area contributed by atoms with E-state index in [4.69, 9.17) is 6.42 Å². The minimum Gasteiger partial charge on any atom is -0.469 e. The Morgan fingerprint density at radius 1 is 1.19 bits per heavy atom. The van der Waals surface area contributed by atoms with E-state index in [0.717, 1.165) is 25.2 Å². The smallest absolute Gasteiger partial charge is 0.305 e. The van der Waals surface area contributed by atoms with Crippen LogP contribution in [0.5, 0.6) is 0 Å². The summed E-state index contributed by atoms with van der Waals surface area (Å²) in [5.41, 5.74) is 0. The van der Waals surface area contributed by atoms with Crippen molar-refractivity contribution in [2.24, 2.45) is 11.8 Å². The summed E-state index contributed by atoms with van der Waals surface area (Å²) in [7, 11) is 1.43. The number of ketones is 1. The fourth-order valence-corrected chi connectivity index (χ4v) is 2.51. The minimum atomic E-state index is -0.0869. The van der Waals surface area contributed by atoms with Crippen molar-refractivity contribution >= 4 is 11.8 Å². The SMILES string of the molecule is C#C[C@H]1CCC(=O)C1.CCCCCCC(=O)OC.CCCC[C@H](C)CC. The van der Waals surface area contributed by atoms with Crippen molar-refractivity contribution in [2.75, 3.05) is 7.11 Å². The largest absolute Gasteiger partial charge is 0.469 e. The van der Waals surface area contributed by atoms with Gasteiger partial charge in [0.2, 0.25) is 0 Å². The second-order valence-corrected chi connectivity index (χ2v) is 7.19. The summed E-state index contributed by atoms with van der Waals surface area (Å²) in [6, 6.07) is 0. The summed E-state index contributed by atoms with van der Waals surface area (Å²) in [4.78, 5) is 21.1. The van der Waals surface area contributed by atoms with Crippen LogP contribution in [0.4, 0.5) is 0 Å². The Labute approximate surface area is 162 Å². The lowest BCUT2D eigenvalue weighted by Crippen LogP contribution is -1.98. The third-order valence-electron chi connectivity index (χ3n) is 4.69. The van der Waals surface area contributed by atoms with Gasteiger partial charge in [-0.3, -0.25) is 9.59 Å². The fraction of sp³-hybridized carbons (Fsp3) is 0.826. The summed E-state index contributed by atoms with van der Waals surface area (Å²) >= 11 is 0. The van der Waals surface area contributed by atoms with Crippen molar-refractivity contribution in [1.29, 1.82) is 0 Å². The maximum Gasteiger partial charge on any atom is 0.305 e. The summed E-state index contributed by atoms with van der Waals surface area (Å²) in [5, 5.41) is 0. The van der Waals surface area contributed by atoms with E-state index in [2.05, 4.69) is 38.4 Å². The van der Waals surface area contributed by atoms with E-state index in [1.807, 2.05) is 0 Å². The first-order valence-electron chi connectivity index (χ1n) is 10.5. The van der Waals surface area contributed by atoms with Crippen LogP contribution < -0.4 is 0 Å². The zero-order valence-electron chi connectivity index (χ0n) is 17.9. The average molecular weight is 367 g/mol. The molecule has 3 nitrogen and oxygen atoms in total. The number of ether oxygens (including phenoxy) is 1. The van der Waals surface area contributed by atoms with E-state index in [9.17, 15) is 9.59 Å². The molecule has 2 atom stereocenters. The molecule has 0 heterocycles.